The van der Waals surface area contributed by atoms with Gasteiger partial charge >= 0.3 is 0 Å². The van der Waals surface area contributed by atoms with Crippen LogP contribution in [0.25, 0.3) is 6.08 Å². The summed E-state index contributed by atoms with van der Waals surface area (Å²) in [6.07, 6.45) is 1.45. The van der Waals surface area contributed by atoms with Gasteiger partial charge in [0, 0.05) is 16.7 Å². The number of anilines is 1. The van der Waals surface area contributed by atoms with E-state index in [0.717, 1.165) is 0 Å². The van der Waals surface area contributed by atoms with Gasteiger partial charge in [-0.15, -0.1) is 0 Å². The average molecular weight is 403 g/mol. The molecule has 0 saturated carbocycles. The van der Waals surface area contributed by atoms with Crippen molar-refractivity contribution in [2.75, 3.05) is 19.1 Å². The molecule has 2 amide bonds. The summed E-state index contributed by atoms with van der Waals surface area (Å²) in [6.45, 7) is 0. The minimum atomic E-state index is -0.582. The normalized spacial score (nSPS) is 15.7. The molecule has 0 unspecified atom stereocenters. The number of nitrogens with one attached hydrogen (secondary N) is 1. The largest absolute Gasteiger partial charge is 0.497 e. The zero-order valence-corrected chi connectivity index (χ0v) is 16.1. The van der Waals surface area contributed by atoms with E-state index in [4.69, 9.17) is 33.3 Å². The van der Waals surface area contributed by atoms with Gasteiger partial charge in [0.15, 0.2) is 5.11 Å². The monoisotopic (exact) mass is 402 g/mol. The number of hydrogen-bond donors (Lipinski definition) is 1. The molecule has 1 heterocycles. The lowest BCUT2D eigenvalue weighted by molar-refractivity contribution is -0.122. The Bertz CT molecular complexity index is 974. The van der Waals surface area contributed by atoms with Gasteiger partial charge in [-0.1, -0.05) is 17.7 Å². The van der Waals surface area contributed by atoms with Crippen molar-refractivity contribution in [1.29, 1.82) is 0 Å². The second-order valence-electron chi connectivity index (χ2n) is 5.55. The zero-order chi connectivity index (χ0) is 19.6. The highest BCUT2D eigenvalue weighted by Gasteiger charge is 2.34. The van der Waals surface area contributed by atoms with E-state index >= 15 is 0 Å². The van der Waals surface area contributed by atoms with Crippen LogP contribution in [0.5, 0.6) is 11.5 Å². The van der Waals surface area contributed by atoms with E-state index in [0.29, 0.717) is 27.8 Å². The molecule has 0 aromatic heterocycles. The molecule has 6 nitrogen and oxygen atoms in total. The number of nitrogens with zero attached hydrogens (tertiary/aromatic N) is 1. The molecule has 0 aliphatic carbocycles. The van der Waals surface area contributed by atoms with Crippen LogP contribution in [0.2, 0.25) is 5.02 Å². The molecule has 138 valence electrons. The van der Waals surface area contributed by atoms with Crippen molar-refractivity contribution in [1.82, 2.24) is 5.32 Å². The van der Waals surface area contributed by atoms with Crippen molar-refractivity contribution in [3.63, 3.8) is 0 Å². The Morgan fingerprint density at radius 1 is 1.11 bits per heavy atom. The summed E-state index contributed by atoms with van der Waals surface area (Å²) in [5, 5.41) is 2.97. The van der Waals surface area contributed by atoms with Gasteiger partial charge in [0.2, 0.25) is 0 Å². The molecule has 1 aliphatic rings. The van der Waals surface area contributed by atoms with Gasteiger partial charge in [0.05, 0.1) is 19.9 Å². The summed E-state index contributed by atoms with van der Waals surface area (Å²) in [7, 11) is 3.03. The van der Waals surface area contributed by atoms with Crippen LogP contribution in [-0.2, 0) is 9.59 Å². The predicted molar refractivity (Wildman–Crippen MR) is 107 cm³/mol. The molecule has 1 saturated heterocycles. The molecule has 1 aliphatic heterocycles. The lowest BCUT2D eigenvalue weighted by atomic mass is 10.1. The number of rotatable bonds is 4. The first-order chi connectivity index (χ1) is 12.9. The van der Waals surface area contributed by atoms with Crippen molar-refractivity contribution in [2.45, 2.75) is 0 Å². The lowest BCUT2D eigenvalue weighted by Crippen LogP contribution is -2.54. The van der Waals surface area contributed by atoms with Gasteiger partial charge in [0.1, 0.15) is 17.1 Å². The third-order valence-corrected chi connectivity index (χ3v) is 4.43. The quantitative estimate of drug-likeness (QED) is 0.483. The molecule has 27 heavy (non-hydrogen) atoms. The Hall–Kier alpha value is -2.90. The first-order valence-electron chi connectivity index (χ1n) is 7.83. The second kappa shape index (κ2) is 7.77. The van der Waals surface area contributed by atoms with E-state index in [1.165, 1.54) is 25.2 Å². The molecule has 0 spiro atoms. The first-order valence-corrected chi connectivity index (χ1v) is 8.62. The Labute approximate surface area is 166 Å². The minimum absolute atomic E-state index is 0.00823. The molecule has 2 aromatic carbocycles. The summed E-state index contributed by atoms with van der Waals surface area (Å²) in [5.74, 6) is -0.0786. The number of ether oxygens (including phenoxy) is 2. The summed E-state index contributed by atoms with van der Waals surface area (Å²) in [6, 6.07) is 11.7. The van der Waals surface area contributed by atoms with E-state index in [2.05, 4.69) is 5.32 Å². The fraction of sp³-hybridized carbons (Fsp3) is 0.105. The smallest absolute Gasteiger partial charge is 0.270 e. The molecule has 0 atom stereocenters. The predicted octanol–water partition coefficient (Wildman–Crippen LogP) is 3.19. The molecule has 2 aromatic rings. The number of thiocarbonyl (C=S) groups is 1. The van der Waals surface area contributed by atoms with E-state index in [1.807, 2.05) is 0 Å². The summed E-state index contributed by atoms with van der Waals surface area (Å²) >= 11 is 11.2. The second-order valence-corrected chi connectivity index (χ2v) is 6.37. The lowest BCUT2D eigenvalue weighted by Gasteiger charge is -2.29. The van der Waals surface area contributed by atoms with Gasteiger partial charge in [0.25, 0.3) is 11.8 Å². The molecule has 0 radical (unpaired) electrons. The van der Waals surface area contributed by atoms with Crippen LogP contribution in [0.1, 0.15) is 5.56 Å². The van der Waals surface area contributed by atoms with Crippen LogP contribution < -0.4 is 19.7 Å². The number of benzene rings is 2. The third-order valence-electron chi connectivity index (χ3n) is 3.91. The molecule has 8 heteroatoms. The highest BCUT2D eigenvalue weighted by Crippen LogP contribution is 2.29. The number of carbonyl (C=O) groups is 2. The van der Waals surface area contributed by atoms with Crippen molar-refractivity contribution < 1.29 is 19.1 Å². The number of amides is 2. The van der Waals surface area contributed by atoms with Crippen molar-refractivity contribution in [3.05, 3.63) is 58.6 Å². The number of halogens is 1. The Kier molecular flexibility index (Phi) is 5.43. The van der Waals surface area contributed by atoms with Crippen molar-refractivity contribution in [2.24, 2.45) is 0 Å². The van der Waals surface area contributed by atoms with E-state index in [-0.39, 0.29) is 10.7 Å². The van der Waals surface area contributed by atoms with Crippen LogP contribution in [0.15, 0.2) is 48.0 Å². The standard InChI is InChI=1S/C19H15ClN2O4S/c1-25-14-7-6-11(16(10-14)26-2)8-15-17(23)21-19(27)22(18(15)24)13-5-3-4-12(20)9-13/h3-10H,1-2H3,(H,21,23,27)/b15-8-. The number of hydrogen-bond acceptors (Lipinski definition) is 5. The highest BCUT2D eigenvalue weighted by molar-refractivity contribution is 7.80. The number of methoxy groups -OCH3 is 2. The van der Waals surface area contributed by atoms with Gasteiger partial charge in [-0.3, -0.25) is 19.8 Å². The molecular weight excluding hydrogens is 388 g/mol. The molecule has 1 fully saturated rings. The molecule has 3 rings (SSSR count). The zero-order valence-electron chi connectivity index (χ0n) is 14.5. The fourth-order valence-corrected chi connectivity index (χ4v) is 3.07. The Balaban J connectivity index is 2.04. The first kappa shape index (κ1) is 18.9. The van der Waals surface area contributed by atoms with Crippen LogP contribution in [0.4, 0.5) is 5.69 Å². The molecule has 0 bridgehead atoms. The van der Waals surface area contributed by atoms with E-state index < -0.39 is 11.8 Å². The van der Waals surface area contributed by atoms with Crippen molar-refractivity contribution >= 4 is 52.5 Å². The van der Waals surface area contributed by atoms with Gasteiger partial charge in [-0.25, -0.2) is 0 Å². The van der Waals surface area contributed by atoms with Crippen LogP contribution in [-0.4, -0.2) is 31.1 Å². The fourth-order valence-electron chi connectivity index (χ4n) is 2.60. The minimum Gasteiger partial charge on any atom is -0.497 e. The summed E-state index contributed by atoms with van der Waals surface area (Å²) in [4.78, 5) is 26.6. The maximum Gasteiger partial charge on any atom is 0.270 e. The number of carbonyl (C=O) groups excluding carboxylic acids is 2. The summed E-state index contributed by atoms with van der Waals surface area (Å²) in [5.41, 5.74) is 0.938. The van der Waals surface area contributed by atoms with Crippen molar-refractivity contribution in [3.8, 4) is 11.5 Å². The maximum atomic E-state index is 13.0. The van der Waals surface area contributed by atoms with Crippen LogP contribution >= 0.6 is 23.8 Å². The molecule has 1 N–H and O–H groups in total. The van der Waals surface area contributed by atoms with Crippen LogP contribution in [0.3, 0.4) is 0 Å². The van der Waals surface area contributed by atoms with E-state index in [9.17, 15) is 9.59 Å². The Morgan fingerprint density at radius 2 is 1.89 bits per heavy atom. The maximum absolute atomic E-state index is 13.0. The summed E-state index contributed by atoms with van der Waals surface area (Å²) < 4.78 is 10.5. The topological polar surface area (TPSA) is 67.9 Å². The van der Waals surface area contributed by atoms with Gasteiger partial charge in [-0.2, -0.15) is 0 Å². The highest BCUT2D eigenvalue weighted by atomic mass is 35.5. The van der Waals surface area contributed by atoms with Gasteiger partial charge < -0.3 is 9.47 Å². The SMILES string of the molecule is COc1ccc(/C=C2/C(=O)NC(=S)N(c3cccc(Cl)c3)C2=O)c(OC)c1. The van der Waals surface area contributed by atoms with Crippen LogP contribution in [0, 0.1) is 0 Å². The Morgan fingerprint density at radius 3 is 2.56 bits per heavy atom. The van der Waals surface area contributed by atoms with E-state index in [1.54, 1.807) is 42.5 Å². The average Bonchev–Trinajstić information content (AvgIpc) is 2.65. The van der Waals surface area contributed by atoms with Gasteiger partial charge in [-0.05, 0) is 48.6 Å². The third kappa shape index (κ3) is 3.79. The molecular formula is C19H15ClN2O4S.